The smallest absolute Gasteiger partial charge is 0.116 e. The van der Waals surface area contributed by atoms with Gasteiger partial charge in [-0.25, -0.2) is 0 Å². The van der Waals surface area contributed by atoms with Gasteiger partial charge in [0.25, 0.3) is 0 Å². The molecule has 0 rings (SSSR count). The Balaban J connectivity index is -0.00000000333. The van der Waals surface area contributed by atoms with Gasteiger partial charge in [0, 0.05) is 0 Å². The predicted molar refractivity (Wildman–Crippen MR) is 53.0 cm³/mol. The summed E-state index contributed by atoms with van der Waals surface area (Å²) in [5.41, 5.74) is 0. The first-order chi connectivity index (χ1) is 1.41. The topological polar surface area (TPSA) is 17.1 Å². The maximum Gasteiger partial charge on any atom is 0.116 e. The van der Waals surface area contributed by atoms with Crippen LogP contribution < -0.4 is 0 Å². The van der Waals surface area contributed by atoms with Crippen LogP contribution >= 0.6 is 67.9 Å². The van der Waals surface area contributed by atoms with E-state index in [2.05, 4.69) is 0 Å². The molecule has 1 nitrogen and oxygen atoms in total. The lowest BCUT2D eigenvalue weighted by molar-refractivity contribution is -0.106. The van der Waals surface area contributed by atoms with Crippen molar-refractivity contribution in [3.05, 3.63) is 0 Å². The second kappa shape index (κ2) is 49.1. The van der Waals surface area contributed by atoms with Crippen LogP contribution in [0.15, 0.2) is 0 Å². The summed E-state index contributed by atoms with van der Waals surface area (Å²) in [6.07, 6.45) is 0.750. The SMILES string of the molecule is Br.Br.Br.Br.CC=O. The van der Waals surface area contributed by atoms with Crippen LogP contribution in [0.1, 0.15) is 6.92 Å². The summed E-state index contributed by atoms with van der Waals surface area (Å²) >= 11 is 0. The van der Waals surface area contributed by atoms with Crippen molar-refractivity contribution in [1.82, 2.24) is 0 Å². The van der Waals surface area contributed by atoms with Gasteiger partial charge in [0.15, 0.2) is 0 Å². The average Bonchev–Trinajstić information content (AvgIpc) is 0.918. The van der Waals surface area contributed by atoms with Gasteiger partial charge in [-0.15, -0.1) is 67.9 Å². The van der Waals surface area contributed by atoms with Crippen LogP contribution in [0.5, 0.6) is 0 Å². The molecule has 0 saturated heterocycles. The molecule has 0 heterocycles. The lowest BCUT2D eigenvalue weighted by Gasteiger charge is -1.23. The second-order valence-electron chi connectivity index (χ2n) is 0.236. The van der Waals surface area contributed by atoms with E-state index < -0.39 is 0 Å². The molecule has 0 radical (unpaired) electrons. The zero-order valence-corrected chi connectivity index (χ0v) is 10.5. The van der Waals surface area contributed by atoms with Gasteiger partial charge in [-0.3, -0.25) is 0 Å². The molecule has 0 aliphatic rings. The molecule has 0 N–H and O–H groups in total. The number of rotatable bonds is 0. The van der Waals surface area contributed by atoms with Gasteiger partial charge in [0.1, 0.15) is 6.29 Å². The summed E-state index contributed by atoms with van der Waals surface area (Å²) < 4.78 is 0. The molecule has 0 aromatic carbocycles. The quantitative estimate of drug-likeness (QED) is 0.601. The Morgan fingerprint density at radius 2 is 1.00 bits per heavy atom. The van der Waals surface area contributed by atoms with E-state index in [4.69, 9.17) is 4.79 Å². The fourth-order valence-corrected chi connectivity index (χ4v) is 0. The highest BCUT2D eigenvalue weighted by Crippen LogP contribution is 1.13. The summed E-state index contributed by atoms with van der Waals surface area (Å²) in [4.78, 5) is 8.81. The number of hydrogen-bond acceptors (Lipinski definition) is 1. The average molecular weight is 368 g/mol. The van der Waals surface area contributed by atoms with Gasteiger partial charge in [-0.05, 0) is 6.92 Å². The van der Waals surface area contributed by atoms with Crippen LogP contribution in [0.4, 0.5) is 0 Å². The fourth-order valence-electron chi connectivity index (χ4n) is 0. The minimum atomic E-state index is 0. The molecule has 0 atom stereocenters. The van der Waals surface area contributed by atoms with Crippen molar-refractivity contribution in [3.8, 4) is 0 Å². The highest BCUT2D eigenvalue weighted by atomic mass is 79.9. The molecule has 0 spiro atoms. The number of halogens is 4. The van der Waals surface area contributed by atoms with Crippen molar-refractivity contribution in [2.75, 3.05) is 0 Å². The molecule has 7 heavy (non-hydrogen) atoms. The van der Waals surface area contributed by atoms with Gasteiger partial charge in [-0.1, -0.05) is 0 Å². The molecule has 0 aliphatic carbocycles. The molecule has 0 unspecified atom stereocenters. The second-order valence-corrected chi connectivity index (χ2v) is 0.236. The van der Waals surface area contributed by atoms with Crippen LogP contribution in [-0.4, -0.2) is 6.29 Å². The third-order valence-corrected chi connectivity index (χ3v) is 0. The van der Waals surface area contributed by atoms with Crippen molar-refractivity contribution in [1.29, 1.82) is 0 Å². The normalized spacial score (nSPS) is 1.86. The first-order valence-corrected chi connectivity index (χ1v) is 0.813. The Hall–Kier alpha value is 1.59. The Kier molecular flexibility index (Phi) is 270. The molecule has 5 heteroatoms. The van der Waals surface area contributed by atoms with E-state index in [1.165, 1.54) is 6.92 Å². The third-order valence-electron chi connectivity index (χ3n) is 0. The van der Waals surface area contributed by atoms with E-state index in [9.17, 15) is 0 Å². The summed E-state index contributed by atoms with van der Waals surface area (Å²) in [6, 6.07) is 0. The molecule has 0 bridgehead atoms. The molecule has 0 amide bonds. The lowest BCUT2D eigenvalue weighted by Crippen LogP contribution is -1.36. The highest BCUT2D eigenvalue weighted by Gasteiger charge is 1.24. The summed E-state index contributed by atoms with van der Waals surface area (Å²) in [7, 11) is 0. The Bertz CT molecular complexity index is 17.2. The van der Waals surface area contributed by atoms with Crippen LogP contribution in [0.3, 0.4) is 0 Å². The molecule has 0 fully saturated rings. The Labute approximate surface area is 85.3 Å². The Morgan fingerprint density at radius 1 is 1.00 bits per heavy atom. The summed E-state index contributed by atoms with van der Waals surface area (Å²) in [6.45, 7) is 1.44. The Morgan fingerprint density at radius 3 is 1.00 bits per heavy atom. The lowest BCUT2D eigenvalue weighted by atomic mass is 11.0. The van der Waals surface area contributed by atoms with Gasteiger partial charge in [-0.2, -0.15) is 0 Å². The fraction of sp³-hybridized carbons (Fsp3) is 0.500. The van der Waals surface area contributed by atoms with Crippen molar-refractivity contribution < 1.29 is 4.79 Å². The van der Waals surface area contributed by atoms with E-state index in [1.54, 1.807) is 0 Å². The summed E-state index contributed by atoms with van der Waals surface area (Å²) in [5.74, 6) is 0. The monoisotopic (exact) mass is 364 g/mol. The number of carbonyl (C=O) groups excluding carboxylic acids is 1. The molecule has 0 aromatic rings. The van der Waals surface area contributed by atoms with Crippen molar-refractivity contribution in [2.24, 2.45) is 0 Å². The maximum atomic E-state index is 8.81. The minimum Gasteiger partial charge on any atom is -0.304 e. The van der Waals surface area contributed by atoms with Crippen molar-refractivity contribution >= 4 is 74.2 Å². The zero-order valence-electron chi connectivity index (χ0n) is 3.62. The number of aldehydes is 1. The first kappa shape index (κ1) is 38.4. The molecule has 0 aromatic heterocycles. The van der Waals surface area contributed by atoms with Crippen molar-refractivity contribution in [3.63, 3.8) is 0 Å². The molecular formula is C2H8Br4O. The van der Waals surface area contributed by atoms with Crippen LogP contribution in [0.2, 0.25) is 0 Å². The van der Waals surface area contributed by atoms with Crippen LogP contribution in [-0.2, 0) is 4.79 Å². The van der Waals surface area contributed by atoms with Crippen LogP contribution in [0.25, 0.3) is 0 Å². The molecule has 50 valence electrons. The standard InChI is InChI=1S/C2H4O.4BrH/c1-2-3;;;;/h2H,1H3;4*1H. The first-order valence-electron chi connectivity index (χ1n) is 0.813. The van der Waals surface area contributed by atoms with E-state index in [1.807, 2.05) is 0 Å². The van der Waals surface area contributed by atoms with Crippen molar-refractivity contribution in [2.45, 2.75) is 6.92 Å². The van der Waals surface area contributed by atoms with Gasteiger partial charge in [0.05, 0.1) is 0 Å². The van der Waals surface area contributed by atoms with Gasteiger partial charge < -0.3 is 4.79 Å². The molecule has 0 saturated carbocycles. The number of carbonyl (C=O) groups is 1. The van der Waals surface area contributed by atoms with Gasteiger partial charge in [0.2, 0.25) is 0 Å². The van der Waals surface area contributed by atoms with E-state index in [-0.39, 0.29) is 67.9 Å². The van der Waals surface area contributed by atoms with E-state index >= 15 is 0 Å². The molecule has 0 aliphatic heterocycles. The highest BCUT2D eigenvalue weighted by molar-refractivity contribution is 8.93. The van der Waals surface area contributed by atoms with E-state index in [0.29, 0.717) is 0 Å². The van der Waals surface area contributed by atoms with E-state index in [0.717, 1.165) is 6.29 Å². The minimum absolute atomic E-state index is 0. The van der Waals surface area contributed by atoms with Gasteiger partial charge >= 0.3 is 0 Å². The maximum absolute atomic E-state index is 8.81. The third kappa shape index (κ3) is 93.8. The van der Waals surface area contributed by atoms with Crippen LogP contribution in [0, 0.1) is 0 Å². The molecular weight excluding hydrogens is 360 g/mol. The predicted octanol–water partition coefficient (Wildman–Crippen LogP) is 2.52. The largest absolute Gasteiger partial charge is 0.304 e. The zero-order chi connectivity index (χ0) is 2.71. The summed E-state index contributed by atoms with van der Waals surface area (Å²) in [5, 5.41) is 0. The number of hydrogen-bond donors (Lipinski definition) is 0.